The Hall–Kier alpha value is -0.570. The highest BCUT2D eigenvalue weighted by atomic mass is 16.2. The summed E-state index contributed by atoms with van der Waals surface area (Å²) in [4.78, 5) is 11.5. The van der Waals surface area contributed by atoms with Crippen molar-refractivity contribution < 1.29 is 4.79 Å². The van der Waals surface area contributed by atoms with Crippen LogP contribution in [-0.4, -0.2) is 17.5 Å². The summed E-state index contributed by atoms with van der Waals surface area (Å²) in [5.74, 6) is -0.0283. The van der Waals surface area contributed by atoms with E-state index in [2.05, 4.69) is 5.32 Å². The Kier molecular flexibility index (Phi) is 3.31. The van der Waals surface area contributed by atoms with Crippen molar-refractivity contribution in [2.75, 3.05) is 0 Å². The maximum atomic E-state index is 11.5. The molecule has 1 aliphatic carbocycles. The van der Waals surface area contributed by atoms with Gasteiger partial charge in [-0.3, -0.25) is 4.79 Å². The summed E-state index contributed by atoms with van der Waals surface area (Å²) in [6, 6.07) is 0.365. The molecule has 0 saturated heterocycles. The first-order valence-corrected chi connectivity index (χ1v) is 5.10. The normalized spacial score (nSPS) is 19.9. The molecule has 0 aromatic heterocycles. The van der Waals surface area contributed by atoms with Gasteiger partial charge in [0.05, 0.1) is 5.54 Å². The third-order valence-corrected chi connectivity index (χ3v) is 2.53. The van der Waals surface area contributed by atoms with Crippen LogP contribution in [0.15, 0.2) is 0 Å². The molecule has 3 heteroatoms. The first-order chi connectivity index (χ1) is 6.00. The zero-order valence-corrected chi connectivity index (χ0v) is 8.60. The molecule has 76 valence electrons. The van der Waals surface area contributed by atoms with Crippen molar-refractivity contribution in [1.29, 1.82) is 0 Å². The van der Waals surface area contributed by atoms with Crippen molar-refractivity contribution in [3.8, 4) is 0 Å². The molecule has 1 saturated carbocycles. The molecule has 0 atom stereocenters. The summed E-state index contributed by atoms with van der Waals surface area (Å²) in [6.45, 7) is 3.48. The van der Waals surface area contributed by atoms with Crippen molar-refractivity contribution in [3.05, 3.63) is 0 Å². The van der Waals surface area contributed by atoms with Crippen LogP contribution in [0.2, 0.25) is 0 Å². The minimum atomic E-state index is -0.739. The second-order valence-corrected chi connectivity index (χ2v) is 4.53. The van der Waals surface area contributed by atoms with Crippen molar-refractivity contribution >= 4 is 5.91 Å². The number of rotatable bonds is 2. The lowest BCUT2D eigenvalue weighted by molar-refractivity contribution is -0.126. The van der Waals surface area contributed by atoms with Gasteiger partial charge in [0.2, 0.25) is 5.91 Å². The van der Waals surface area contributed by atoms with Crippen LogP contribution in [0.3, 0.4) is 0 Å². The first-order valence-electron chi connectivity index (χ1n) is 5.10. The molecule has 1 amide bonds. The number of nitrogens with two attached hydrogens (primary N) is 1. The predicted octanol–water partition coefficient (Wildman–Crippen LogP) is 1.17. The van der Waals surface area contributed by atoms with Crippen LogP contribution >= 0.6 is 0 Å². The van der Waals surface area contributed by atoms with Gasteiger partial charge in [-0.2, -0.15) is 0 Å². The van der Waals surface area contributed by atoms with E-state index in [1.165, 1.54) is 19.3 Å². The van der Waals surface area contributed by atoms with Gasteiger partial charge >= 0.3 is 0 Å². The van der Waals surface area contributed by atoms with Crippen LogP contribution in [0.4, 0.5) is 0 Å². The SMILES string of the molecule is CC(C)(N)C(=O)NC1CCCCC1. The fraction of sp³-hybridized carbons (Fsp3) is 0.900. The van der Waals surface area contributed by atoms with Crippen LogP contribution in [0, 0.1) is 0 Å². The monoisotopic (exact) mass is 184 g/mol. The van der Waals surface area contributed by atoms with E-state index in [1.54, 1.807) is 13.8 Å². The quantitative estimate of drug-likeness (QED) is 0.677. The van der Waals surface area contributed by atoms with E-state index >= 15 is 0 Å². The van der Waals surface area contributed by atoms with Crippen molar-refractivity contribution in [1.82, 2.24) is 5.32 Å². The second kappa shape index (κ2) is 4.09. The second-order valence-electron chi connectivity index (χ2n) is 4.53. The molecule has 13 heavy (non-hydrogen) atoms. The zero-order chi connectivity index (χ0) is 9.90. The molecule has 1 fully saturated rings. The number of hydrogen-bond acceptors (Lipinski definition) is 2. The zero-order valence-electron chi connectivity index (χ0n) is 8.60. The van der Waals surface area contributed by atoms with E-state index in [0.717, 1.165) is 12.8 Å². The molecule has 1 aliphatic rings. The largest absolute Gasteiger partial charge is 0.352 e. The summed E-state index contributed by atoms with van der Waals surface area (Å²) >= 11 is 0. The molecule has 0 bridgehead atoms. The highest BCUT2D eigenvalue weighted by molar-refractivity contribution is 5.85. The lowest BCUT2D eigenvalue weighted by atomic mass is 9.94. The molecule has 1 rings (SSSR count). The minimum Gasteiger partial charge on any atom is -0.352 e. The van der Waals surface area contributed by atoms with Gasteiger partial charge in [-0.05, 0) is 26.7 Å². The first kappa shape index (κ1) is 10.5. The number of hydrogen-bond donors (Lipinski definition) is 2. The number of nitrogens with one attached hydrogen (secondary N) is 1. The van der Waals surface area contributed by atoms with Gasteiger partial charge in [-0.15, -0.1) is 0 Å². The summed E-state index contributed by atoms with van der Waals surface area (Å²) in [5, 5.41) is 2.99. The molecule has 3 N–H and O–H groups in total. The fourth-order valence-corrected chi connectivity index (χ4v) is 1.62. The summed E-state index contributed by atoms with van der Waals surface area (Å²) < 4.78 is 0. The third kappa shape index (κ3) is 3.35. The number of amides is 1. The van der Waals surface area contributed by atoms with Crippen LogP contribution < -0.4 is 11.1 Å². The Bertz CT molecular complexity index is 178. The molecule has 0 unspecified atom stereocenters. The summed E-state index contributed by atoms with van der Waals surface area (Å²) in [6.07, 6.45) is 5.99. The van der Waals surface area contributed by atoms with Crippen molar-refractivity contribution in [3.63, 3.8) is 0 Å². The molecule has 0 spiro atoms. The van der Waals surface area contributed by atoms with E-state index in [0.29, 0.717) is 6.04 Å². The van der Waals surface area contributed by atoms with Crippen LogP contribution in [0.5, 0.6) is 0 Å². The van der Waals surface area contributed by atoms with E-state index in [9.17, 15) is 4.79 Å². The Labute approximate surface area is 80.1 Å². The molecule has 0 aliphatic heterocycles. The summed E-state index contributed by atoms with van der Waals surface area (Å²) in [7, 11) is 0. The lowest BCUT2D eigenvalue weighted by Gasteiger charge is -2.26. The van der Waals surface area contributed by atoms with E-state index in [1.807, 2.05) is 0 Å². The third-order valence-electron chi connectivity index (χ3n) is 2.53. The highest BCUT2D eigenvalue weighted by Gasteiger charge is 2.25. The lowest BCUT2D eigenvalue weighted by Crippen LogP contribution is -2.52. The highest BCUT2D eigenvalue weighted by Crippen LogP contribution is 2.17. The topological polar surface area (TPSA) is 55.1 Å². The van der Waals surface area contributed by atoms with Crippen LogP contribution in [0.25, 0.3) is 0 Å². The number of carbonyl (C=O) groups excluding carboxylic acids is 1. The maximum Gasteiger partial charge on any atom is 0.239 e. The van der Waals surface area contributed by atoms with Gasteiger partial charge in [0.15, 0.2) is 0 Å². The van der Waals surface area contributed by atoms with Crippen LogP contribution in [0.1, 0.15) is 46.0 Å². The molecule has 0 aromatic carbocycles. The Morgan fingerprint density at radius 3 is 2.31 bits per heavy atom. The van der Waals surface area contributed by atoms with E-state index < -0.39 is 5.54 Å². The van der Waals surface area contributed by atoms with Crippen molar-refractivity contribution in [2.24, 2.45) is 5.73 Å². The number of carbonyl (C=O) groups is 1. The minimum absolute atomic E-state index is 0.0283. The van der Waals surface area contributed by atoms with Crippen molar-refractivity contribution in [2.45, 2.75) is 57.5 Å². The molecule has 0 heterocycles. The molecule has 3 nitrogen and oxygen atoms in total. The van der Waals surface area contributed by atoms with Gasteiger partial charge in [-0.1, -0.05) is 19.3 Å². The maximum absolute atomic E-state index is 11.5. The van der Waals surface area contributed by atoms with Gasteiger partial charge < -0.3 is 11.1 Å². The average molecular weight is 184 g/mol. The van der Waals surface area contributed by atoms with Gasteiger partial charge in [0, 0.05) is 6.04 Å². The molecule has 0 aromatic rings. The Balaban J connectivity index is 2.35. The van der Waals surface area contributed by atoms with Gasteiger partial charge in [0.1, 0.15) is 0 Å². The standard InChI is InChI=1S/C10H20N2O/c1-10(2,11)9(13)12-8-6-4-3-5-7-8/h8H,3-7,11H2,1-2H3,(H,12,13). The molecular weight excluding hydrogens is 164 g/mol. The Morgan fingerprint density at radius 1 is 1.31 bits per heavy atom. The van der Waals surface area contributed by atoms with Gasteiger partial charge in [0.25, 0.3) is 0 Å². The Morgan fingerprint density at radius 2 is 1.85 bits per heavy atom. The summed E-state index contributed by atoms with van der Waals surface area (Å²) in [5.41, 5.74) is 4.95. The van der Waals surface area contributed by atoms with Gasteiger partial charge in [-0.25, -0.2) is 0 Å². The van der Waals surface area contributed by atoms with E-state index in [4.69, 9.17) is 5.73 Å². The fourth-order valence-electron chi connectivity index (χ4n) is 1.62. The van der Waals surface area contributed by atoms with E-state index in [-0.39, 0.29) is 5.91 Å². The van der Waals surface area contributed by atoms with Crippen LogP contribution in [-0.2, 0) is 4.79 Å². The molecular formula is C10H20N2O. The molecule has 0 radical (unpaired) electrons. The smallest absolute Gasteiger partial charge is 0.239 e. The average Bonchev–Trinajstić information content (AvgIpc) is 2.04. The predicted molar refractivity (Wildman–Crippen MR) is 53.3 cm³/mol.